The van der Waals surface area contributed by atoms with Crippen LogP contribution in [0.1, 0.15) is 32.1 Å². The Kier molecular flexibility index (Phi) is 4.96. The Morgan fingerprint density at radius 3 is 2.79 bits per heavy atom. The van der Waals surface area contributed by atoms with Crippen LogP contribution in [0.25, 0.3) is 11.6 Å². The highest BCUT2D eigenvalue weighted by atomic mass is 32.2. The molecule has 1 N–H and O–H groups in total. The number of nitrogens with one attached hydrogen (secondary N) is 1. The van der Waals surface area contributed by atoms with Gasteiger partial charge in [0, 0.05) is 7.05 Å². The number of furan rings is 1. The second kappa shape index (κ2) is 7.42. The molecule has 28 heavy (non-hydrogen) atoms. The lowest BCUT2D eigenvalue weighted by Gasteiger charge is -2.47. The zero-order valence-electron chi connectivity index (χ0n) is 15.5. The molecule has 1 aliphatic heterocycles. The monoisotopic (exact) mass is 403 g/mol. The highest BCUT2D eigenvalue weighted by molar-refractivity contribution is 7.99. The summed E-state index contributed by atoms with van der Waals surface area (Å²) in [6, 6.07) is 3.55. The van der Waals surface area contributed by atoms with E-state index in [2.05, 4.69) is 15.5 Å². The SMILES string of the molecule is Cn1c(SCC(=O)N2CC(=O)NC(=O)C23CCCCC3)nnc1-c1ccco1. The van der Waals surface area contributed by atoms with Gasteiger partial charge in [-0.05, 0) is 25.0 Å². The smallest absolute Gasteiger partial charge is 0.252 e. The Morgan fingerprint density at radius 1 is 1.29 bits per heavy atom. The number of hydrogen-bond donors (Lipinski definition) is 1. The second-order valence-corrected chi connectivity index (χ2v) is 8.02. The predicted octanol–water partition coefficient (Wildman–Crippen LogP) is 1.36. The van der Waals surface area contributed by atoms with Crippen molar-refractivity contribution in [2.45, 2.75) is 42.8 Å². The summed E-state index contributed by atoms with van der Waals surface area (Å²) in [5, 5.41) is 11.2. The number of hydrogen-bond acceptors (Lipinski definition) is 7. The molecule has 1 saturated heterocycles. The molecule has 1 saturated carbocycles. The zero-order valence-corrected chi connectivity index (χ0v) is 16.3. The third kappa shape index (κ3) is 3.21. The number of imide groups is 1. The lowest BCUT2D eigenvalue weighted by atomic mass is 9.78. The third-order valence-electron chi connectivity index (χ3n) is 5.38. The normalized spacial score (nSPS) is 19.1. The van der Waals surface area contributed by atoms with Crippen LogP contribution in [-0.2, 0) is 21.4 Å². The van der Waals surface area contributed by atoms with E-state index in [1.54, 1.807) is 30.0 Å². The highest BCUT2D eigenvalue weighted by Crippen LogP contribution is 2.36. The number of nitrogens with zero attached hydrogens (tertiary/aromatic N) is 4. The van der Waals surface area contributed by atoms with Gasteiger partial charge in [0.05, 0.1) is 12.0 Å². The van der Waals surface area contributed by atoms with Gasteiger partial charge in [-0.25, -0.2) is 0 Å². The van der Waals surface area contributed by atoms with E-state index < -0.39 is 11.4 Å². The van der Waals surface area contributed by atoms with E-state index in [9.17, 15) is 14.4 Å². The fourth-order valence-electron chi connectivity index (χ4n) is 3.93. The Hall–Kier alpha value is -2.62. The summed E-state index contributed by atoms with van der Waals surface area (Å²) in [5.74, 6) is 0.215. The molecule has 2 fully saturated rings. The molecule has 3 heterocycles. The van der Waals surface area contributed by atoms with Crippen molar-refractivity contribution in [3.63, 3.8) is 0 Å². The van der Waals surface area contributed by atoms with Crippen molar-refractivity contribution in [2.24, 2.45) is 7.05 Å². The van der Waals surface area contributed by atoms with Gasteiger partial charge in [-0.3, -0.25) is 19.7 Å². The first-order valence-electron chi connectivity index (χ1n) is 9.22. The predicted molar refractivity (Wildman–Crippen MR) is 100 cm³/mol. The molecule has 0 radical (unpaired) electrons. The topological polar surface area (TPSA) is 110 Å². The molecule has 2 aliphatic rings. The molecule has 4 rings (SSSR count). The Labute approximate surface area is 165 Å². The van der Waals surface area contributed by atoms with Crippen LogP contribution in [0.5, 0.6) is 0 Å². The van der Waals surface area contributed by atoms with E-state index in [0.29, 0.717) is 29.6 Å². The molecule has 0 aromatic carbocycles. The number of rotatable bonds is 4. The van der Waals surface area contributed by atoms with Crippen LogP contribution in [0.3, 0.4) is 0 Å². The number of piperazine rings is 1. The van der Waals surface area contributed by atoms with E-state index in [4.69, 9.17) is 4.42 Å². The molecular formula is C18H21N5O4S. The van der Waals surface area contributed by atoms with E-state index >= 15 is 0 Å². The Balaban J connectivity index is 1.49. The number of carbonyl (C=O) groups excluding carboxylic acids is 3. The van der Waals surface area contributed by atoms with Gasteiger partial charge in [-0.15, -0.1) is 10.2 Å². The summed E-state index contributed by atoms with van der Waals surface area (Å²) in [5.41, 5.74) is -0.900. The van der Waals surface area contributed by atoms with Gasteiger partial charge in [0.15, 0.2) is 16.7 Å². The van der Waals surface area contributed by atoms with Gasteiger partial charge in [-0.2, -0.15) is 0 Å². The number of carbonyl (C=O) groups is 3. The van der Waals surface area contributed by atoms with E-state index in [-0.39, 0.29) is 24.1 Å². The van der Waals surface area contributed by atoms with Crippen LogP contribution in [0.2, 0.25) is 0 Å². The second-order valence-electron chi connectivity index (χ2n) is 7.08. The summed E-state index contributed by atoms with van der Waals surface area (Å²) in [6.45, 7) is -0.0818. The maximum atomic E-state index is 13.0. The van der Waals surface area contributed by atoms with Crippen LogP contribution >= 0.6 is 11.8 Å². The van der Waals surface area contributed by atoms with Crippen molar-refractivity contribution in [1.29, 1.82) is 0 Å². The quantitative estimate of drug-likeness (QED) is 0.606. The third-order valence-corrected chi connectivity index (χ3v) is 6.38. The van der Waals surface area contributed by atoms with Crippen LogP contribution in [0, 0.1) is 0 Å². The molecule has 0 unspecified atom stereocenters. The van der Waals surface area contributed by atoms with Gasteiger partial charge in [0.1, 0.15) is 12.1 Å². The maximum absolute atomic E-state index is 13.0. The molecule has 148 valence electrons. The summed E-state index contributed by atoms with van der Waals surface area (Å²) < 4.78 is 7.09. The van der Waals surface area contributed by atoms with Gasteiger partial charge < -0.3 is 13.9 Å². The van der Waals surface area contributed by atoms with Crippen LogP contribution < -0.4 is 5.32 Å². The lowest BCUT2D eigenvalue weighted by molar-refractivity contribution is -0.158. The largest absolute Gasteiger partial charge is 0.461 e. The minimum absolute atomic E-state index is 0.0758. The van der Waals surface area contributed by atoms with Crippen molar-refractivity contribution in [3.8, 4) is 11.6 Å². The number of amides is 3. The first-order valence-corrected chi connectivity index (χ1v) is 10.2. The maximum Gasteiger partial charge on any atom is 0.252 e. The molecule has 3 amide bonds. The lowest BCUT2D eigenvalue weighted by Crippen LogP contribution is -2.69. The average Bonchev–Trinajstić information content (AvgIpc) is 3.33. The summed E-state index contributed by atoms with van der Waals surface area (Å²) in [4.78, 5) is 39.0. The molecule has 2 aromatic rings. The number of thioether (sulfide) groups is 1. The minimum Gasteiger partial charge on any atom is -0.461 e. The van der Waals surface area contributed by atoms with Crippen molar-refractivity contribution in [3.05, 3.63) is 18.4 Å². The molecule has 9 nitrogen and oxygen atoms in total. The molecule has 2 aromatic heterocycles. The van der Waals surface area contributed by atoms with Crippen molar-refractivity contribution >= 4 is 29.5 Å². The highest BCUT2D eigenvalue weighted by Gasteiger charge is 2.50. The summed E-state index contributed by atoms with van der Waals surface area (Å²) in [7, 11) is 1.80. The van der Waals surface area contributed by atoms with E-state index in [1.165, 1.54) is 16.7 Å². The number of aromatic nitrogens is 3. The van der Waals surface area contributed by atoms with Gasteiger partial charge >= 0.3 is 0 Å². The fourth-order valence-corrected chi connectivity index (χ4v) is 4.71. The fraction of sp³-hybridized carbons (Fsp3) is 0.500. The average molecular weight is 403 g/mol. The first kappa shape index (κ1) is 18.7. The van der Waals surface area contributed by atoms with Gasteiger partial charge in [0.25, 0.3) is 5.91 Å². The molecule has 10 heteroatoms. The van der Waals surface area contributed by atoms with Gasteiger partial charge in [-0.1, -0.05) is 31.0 Å². The standard InChI is InChI=1S/C18H21N5O4S/c1-22-15(12-6-5-9-27-12)20-21-17(22)28-11-14(25)23-10-13(24)19-16(26)18(23)7-3-2-4-8-18/h5-6,9H,2-4,7-8,10-11H2,1H3,(H,19,24,26). The molecule has 0 bridgehead atoms. The first-order chi connectivity index (χ1) is 13.5. The van der Waals surface area contributed by atoms with Crippen molar-refractivity contribution < 1.29 is 18.8 Å². The molecular weight excluding hydrogens is 382 g/mol. The van der Waals surface area contributed by atoms with Gasteiger partial charge in [0.2, 0.25) is 11.8 Å². The van der Waals surface area contributed by atoms with Crippen LogP contribution in [-0.4, -0.2) is 55.2 Å². The molecule has 1 spiro atoms. The van der Waals surface area contributed by atoms with E-state index in [1.807, 2.05) is 0 Å². The van der Waals surface area contributed by atoms with Crippen LogP contribution in [0.15, 0.2) is 28.0 Å². The summed E-state index contributed by atoms with van der Waals surface area (Å²) in [6.07, 6.45) is 5.52. The zero-order chi connectivity index (χ0) is 19.7. The Bertz CT molecular complexity index is 901. The molecule has 1 aliphatic carbocycles. The van der Waals surface area contributed by atoms with E-state index in [0.717, 1.165) is 19.3 Å². The van der Waals surface area contributed by atoms with Crippen molar-refractivity contribution in [1.82, 2.24) is 25.0 Å². The Morgan fingerprint density at radius 2 is 2.07 bits per heavy atom. The summed E-state index contributed by atoms with van der Waals surface area (Å²) >= 11 is 1.23. The van der Waals surface area contributed by atoms with Crippen LogP contribution in [0.4, 0.5) is 0 Å². The van der Waals surface area contributed by atoms with Crippen molar-refractivity contribution in [2.75, 3.05) is 12.3 Å². The molecule has 0 atom stereocenters. The minimum atomic E-state index is -0.900.